The van der Waals surface area contributed by atoms with Crippen LogP contribution in [0.5, 0.6) is 0 Å². The Labute approximate surface area is 70.3 Å². The van der Waals surface area contributed by atoms with Crippen LogP contribution in [0.1, 0.15) is 13.3 Å². The summed E-state index contributed by atoms with van der Waals surface area (Å²) in [6.45, 7) is 0.856. The molecule has 0 amide bonds. The Morgan fingerprint density at radius 2 is 1.69 bits per heavy atom. The summed E-state index contributed by atoms with van der Waals surface area (Å²) < 4.78 is 60.3. The van der Waals surface area contributed by atoms with Gasteiger partial charge in [-0.15, -0.1) is 0 Å². The zero-order chi connectivity index (χ0) is 10.9. The highest BCUT2D eigenvalue weighted by molar-refractivity contribution is 5.75. The molecule has 13 heavy (non-hydrogen) atoms. The molecule has 1 N–H and O–H groups in total. The molecule has 0 aliphatic carbocycles. The maximum Gasteiger partial charge on any atom is 0.398 e. The molecule has 0 saturated carbocycles. The third-order valence-corrected chi connectivity index (χ3v) is 1.53. The molecular formula is C6H7F5O2. The number of alkyl halides is 5. The molecule has 7 heteroatoms. The molecule has 0 aliphatic heterocycles. The Morgan fingerprint density at radius 3 is 1.77 bits per heavy atom. The van der Waals surface area contributed by atoms with Crippen molar-refractivity contribution in [3.05, 3.63) is 0 Å². The van der Waals surface area contributed by atoms with Crippen molar-refractivity contribution in [2.75, 3.05) is 0 Å². The number of hydrogen-bond acceptors (Lipinski definition) is 1. The first-order valence-electron chi connectivity index (χ1n) is 3.32. The summed E-state index contributed by atoms with van der Waals surface area (Å²) >= 11 is 0. The fraction of sp³-hybridized carbons (Fsp3) is 0.833. The minimum atomic E-state index is -5.20. The summed E-state index contributed by atoms with van der Waals surface area (Å²) in [4.78, 5) is 9.82. The molecule has 0 aromatic heterocycles. The number of rotatable bonds is 3. The van der Waals surface area contributed by atoms with Gasteiger partial charge in [0.1, 0.15) is 5.92 Å². The van der Waals surface area contributed by atoms with Crippen LogP contribution >= 0.6 is 0 Å². The third-order valence-electron chi connectivity index (χ3n) is 1.53. The van der Waals surface area contributed by atoms with Crippen LogP contribution < -0.4 is 0 Å². The lowest BCUT2D eigenvalue weighted by molar-refractivity contribution is -0.244. The number of carbonyl (C=O) groups is 1. The zero-order valence-electron chi connectivity index (χ0n) is 6.53. The number of carboxylic acid groups (broad SMARTS) is 1. The fourth-order valence-electron chi connectivity index (χ4n) is 0.842. The number of carboxylic acids is 1. The molecule has 0 bridgehead atoms. The first-order valence-corrected chi connectivity index (χ1v) is 3.32. The molecule has 78 valence electrons. The third kappa shape index (κ3) is 2.53. The van der Waals surface area contributed by atoms with Gasteiger partial charge < -0.3 is 5.11 Å². The first-order chi connectivity index (χ1) is 5.64. The minimum absolute atomic E-state index is 0.856. The van der Waals surface area contributed by atoms with Crippen molar-refractivity contribution < 1.29 is 31.9 Å². The number of hydrogen-bond donors (Lipinski definition) is 1. The van der Waals surface area contributed by atoms with Crippen molar-refractivity contribution in [1.82, 2.24) is 0 Å². The second-order valence-corrected chi connectivity index (χ2v) is 2.43. The van der Waals surface area contributed by atoms with E-state index < -0.39 is 30.4 Å². The van der Waals surface area contributed by atoms with Crippen LogP contribution in [0.2, 0.25) is 0 Å². The van der Waals surface area contributed by atoms with Crippen LogP contribution in [0.4, 0.5) is 22.0 Å². The van der Waals surface area contributed by atoms with E-state index in [4.69, 9.17) is 5.11 Å². The van der Waals surface area contributed by atoms with Crippen molar-refractivity contribution >= 4 is 5.97 Å². The van der Waals surface area contributed by atoms with Crippen molar-refractivity contribution in [2.24, 2.45) is 5.92 Å². The molecule has 0 saturated heterocycles. The highest BCUT2D eigenvalue weighted by Gasteiger charge is 2.59. The standard InChI is InChI=1S/C6H7F5O2/c1-2-3(6(9,10)11)5(7,8)4(12)13/h3H,2H2,1H3,(H,12,13). The SMILES string of the molecule is CCC(C(F)(F)F)C(F)(F)C(=O)O. The molecule has 0 heterocycles. The summed E-state index contributed by atoms with van der Waals surface area (Å²) in [5, 5.41) is 7.86. The Kier molecular flexibility index (Phi) is 3.23. The average molecular weight is 206 g/mol. The summed E-state index contributed by atoms with van der Waals surface area (Å²) in [7, 11) is 0. The van der Waals surface area contributed by atoms with E-state index in [0.29, 0.717) is 0 Å². The van der Waals surface area contributed by atoms with Gasteiger partial charge in [-0.25, -0.2) is 4.79 Å². The Morgan fingerprint density at radius 1 is 1.31 bits per heavy atom. The van der Waals surface area contributed by atoms with Crippen molar-refractivity contribution in [3.8, 4) is 0 Å². The lowest BCUT2D eigenvalue weighted by Gasteiger charge is -2.24. The van der Waals surface area contributed by atoms with Crippen LogP contribution in [0, 0.1) is 5.92 Å². The Bertz CT molecular complexity index is 198. The predicted octanol–water partition coefficient (Wildman–Crippen LogP) is 2.29. The molecule has 0 radical (unpaired) electrons. The van der Waals surface area contributed by atoms with E-state index >= 15 is 0 Å². The van der Waals surface area contributed by atoms with Gasteiger partial charge >= 0.3 is 18.1 Å². The maximum absolute atomic E-state index is 12.4. The van der Waals surface area contributed by atoms with Gasteiger partial charge in [-0.05, 0) is 6.42 Å². The van der Waals surface area contributed by atoms with Gasteiger partial charge in [-0.2, -0.15) is 22.0 Å². The quantitative estimate of drug-likeness (QED) is 0.719. The highest BCUT2D eigenvalue weighted by Crippen LogP contribution is 2.40. The second kappa shape index (κ2) is 3.47. The van der Waals surface area contributed by atoms with Gasteiger partial charge in [-0.1, -0.05) is 6.92 Å². The van der Waals surface area contributed by atoms with E-state index in [1.807, 2.05) is 0 Å². The molecule has 1 unspecified atom stereocenters. The van der Waals surface area contributed by atoms with E-state index in [-0.39, 0.29) is 0 Å². The Hall–Kier alpha value is -0.880. The van der Waals surface area contributed by atoms with E-state index in [1.54, 1.807) is 0 Å². The lowest BCUT2D eigenvalue weighted by Crippen LogP contribution is -2.44. The van der Waals surface area contributed by atoms with Crippen LogP contribution in [0.25, 0.3) is 0 Å². The van der Waals surface area contributed by atoms with E-state index in [1.165, 1.54) is 0 Å². The van der Waals surface area contributed by atoms with Crippen molar-refractivity contribution in [3.63, 3.8) is 0 Å². The van der Waals surface area contributed by atoms with Crippen LogP contribution in [-0.2, 0) is 4.79 Å². The van der Waals surface area contributed by atoms with Gasteiger partial charge in [0, 0.05) is 0 Å². The highest BCUT2D eigenvalue weighted by atomic mass is 19.4. The topological polar surface area (TPSA) is 37.3 Å². The zero-order valence-corrected chi connectivity index (χ0v) is 6.53. The van der Waals surface area contributed by atoms with Gasteiger partial charge in [0.15, 0.2) is 0 Å². The normalized spacial score (nSPS) is 15.5. The van der Waals surface area contributed by atoms with Gasteiger partial charge in [0.2, 0.25) is 0 Å². The van der Waals surface area contributed by atoms with Crippen molar-refractivity contribution in [2.45, 2.75) is 25.4 Å². The monoisotopic (exact) mass is 206 g/mol. The second-order valence-electron chi connectivity index (χ2n) is 2.43. The summed E-state index contributed by atoms with van der Waals surface area (Å²) in [6, 6.07) is 0. The molecule has 0 aromatic rings. The molecule has 0 spiro atoms. The average Bonchev–Trinajstić information content (AvgIpc) is 1.83. The fourth-order valence-corrected chi connectivity index (χ4v) is 0.842. The molecule has 0 aromatic carbocycles. The molecule has 0 aliphatic rings. The molecular weight excluding hydrogens is 199 g/mol. The van der Waals surface area contributed by atoms with Crippen LogP contribution in [-0.4, -0.2) is 23.2 Å². The molecule has 2 nitrogen and oxygen atoms in total. The number of aliphatic carboxylic acids is 1. The minimum Gasteiger partial charge on any atom is -0.477 e. The summed E-state index contributed by atoms with van der Waals surface area (Å²) in [6.07, 6.45) is -6.17. The van der Waals surface area contributed by atoms with E-state index in [2.05, 4.69) is 0 Å². The first kappa shape index (κ1) is 12.1. The van der Waals surface area contributed by atoms with Gasteiger partial charge in [0.05, 0.1) is 0 Å². The smallest absolute Gasteiger partial charge is 0.398 e. The largest absolute Gasteiger partial charge is 0.477 e. The van der Waals surface area contributed by atoms with Gasteiger partial charge in [0.25, 0.3) is 0 Å². The molecule has 0 fully saturated rings. The molecule has 0 rings (SSSR count). The Balaban J connectivity index is 4.88. The van der Waals surface area contributed by atoms with Gasteiger partial charge in [-0.3, -0.25) is 0 Å². The summed E-state index contributed by atoms with van der Waals surface area (Å²) in [5.41, 5.74) is 0. The van der Waals surface area contributed by atoms with Crippen LogP contribution in [0.3, 0.4) is 0 Å². The number of halogens is 5. The predicted molar refractivity (Wildman–Crippen MR) is 32.4 cm³/mol. The maximum atomic E-state index is 12.4. The lowest BCUT2D eigenvalue weighted by atomic mass is 9.98. The summed E-state index contributed by atoms with van der Waals surface area (Å²) in [5.74, 6) is -10.6. The van der Waals surface area contributed by atoms with Crippen molar-refractivity contribution in [1.29, 1.82) is 0 Å². The molecule has 1 atom stereocenters. The van der Waals surface area contributed by atoms with E-state index in [9.17, 15) is 26.7 Å². The van der Waals surface area contributed by atoms with Crippen LogP contribution in [0.15, 0.2) is 0 Å². The van der Waals surface area contributed by atoms with E-state index in [0.717, 1.165) is 6.92 Å².